The number of unbranched alkanes of at least 4 members (excludes halogenated alkanes) is 2. The Hall–Kier alpha value is -5.32. The lowest BCUT2D eigenvalue weighted by Crippen LogP contribution is -2.34. The molecule has 3 aromatic carbocycles. The van der Waals surface area contributed by atoms with Gasteiger partial charge in [0.15, 0.2) is 5.71 Å². The number of nitrogens with one attached hydrogen (secondary N) is 1. The molecule has 1 aliphatic carbocycles. The molecule has 7 rings (SSSR count). The molecule has 0 atom stereocenters. The van der Waals surface area contributed by atoms with E-state index in [0.717, 1.165) is 88.2 Å². The van der Waals surface area contributed by atoms with Gasteiger partial charge in [-0.05, 0) is 117 Å². The van der Waals surface area contributed by atoms with Gasteiger partial charge in [-0.15, -0.1) is 0 Å². The molecular formula is C52H63ClN5O8S2+. The van der Waals surface area contributed by atoms with E-state index in [0.29, 0.717) is 55.1 Å². The maximum absolute atomic E-state index is 12.7. The average molecular weight is 986 g/mol. The van der Waals surface area contributed by atoms with E-state index >= 15 is 0 Å². The van der Waals surface area contributed by atoms with E-state index in [1.165, 1.54) is 17.0 Å². The molecule has 2 amide bonds. The molecule has 3 aromatic rings. The summed E-state index contributed by atoms with van der Waals surface area (Å²) in [5.74, 6) is -0.557. The van der Waals surface area contributed by atoms with E-state index < -0.39 is 31.1 Å². The number of nitrogens with zero attached hydrogens (tertiary/aromatic N) is 4. The van der Waals surface area contributed by atoms with Gasteiger partial charge in [-0.1, -0.05) is 56.3 Å². The van der Waals surface area contributed by atoms with E-state index in [9.17, 15) is 35.5 Å². The zero-order chi connectivity index (χ0) is 49.3. The Bertz CT molecular complexity index is 2960. The van der Waals surface area contributed by atoms with Crippen molar-refractivity contribution in [1.29, 1.82) is 0 Å². The first-order valence-corrected chi connectivity index (χ1v) is 26.6. The van der Waals surface area contributed by atoms with Crippen LogP contribution in [0.1, 0.15) is 90.2 Å². The predicted molar refractivity (Wildman–Crippen MR) is 272 cm³/mol. The van der Waals surface area contributed by atoms with Crippen molar-refractivity contribution in [3.05, 3.63) is 130 Å². The molecule has 0 spiro atoms. The fraction of sp³-hybridized carbons (Fsp3) is 0.404. The van der Waals surface area contributed by atoms with Crippen molar-refractivity contribution in [2.45, 2.75) is 94.8 Å². The highest BCUT2D eigenvalue weighted by atomic mass is 35.5. The molecule has 3 N–H and O–H groups in total. The maximum Gasteiger partial charge on any atom is 0.295 e. The van der Waals surface area contributed by atoms with E-state index in [-0.39, 0.29) is 28.9 Å². The molecule has 16 heteroatoms. The lowest BCUT2D eigenvalue weighted by atomic mass is 9.78. The molecule has 0 saturated heterocycles. The lowest BCUT2D eigenvalue weighted by Gasteiger charge is -2.27. The largest absolute Gasteiger partial charge is 0.378 e. The second kappa shape index (κ2) is 20.0. The van der Waals surface area contributed by atoms with E-state index in [1.54, 1.807) is 18.2 Å². The molecule has 0 saturated carbocycles. The fourth-order valence-corrected chi connectivity index (χ4v) is 11.6. The summed E-state index contributed by atoms with van der Waals surface area (Å²) < 4.78 is 70.4. The zero-order valence-corrected chi connectivity index (χ0v) is 42.2. The Kier molecular flexibility index (Phi) is 14.8. The lowest BCUT2D eigenvalue weighted by molar-refractivity contribution is -0.438. The van der Waals surface area contributed by atoms with Crippen molar-refractivity contribution in [1.82, 2.24) is 10.2 Å². The minimum Gasteiger partial charge on any atom is -0.378 e. The Labute approximate surface area is 406 Å². The molecule has 68 heavy (non-hydrogen) atoms. The van der Waals surface area contributed by atoms with Crippen LogP contribution in [0.25, 0.3) is 10.8 Å². The van der Waals surface area contributed by atoms with Crippen LogP contribution in [0.5, 0.6) is 0 Å². The maximum atomic E-state index is 12.7. The van der Waals surface area contributed by atoms with Crippen LogP contribution >= 0.6 is 11.6 Å². The number of anilines is 2. The van der Waals surface area contributed by atoms with Crippen LogP contribution in [0.15, 0.2) is 124 Å². The Morgan fingerprint density at radius 3 is 2.35 bits per heavy atom. The monoisotopic (exact) mass is 984 g/mol. The molecule has 362 valence electrons. The number of carbonyl (C=O) groups is 2. The number of allylic oxidation sites excluding steroid dienone is 9. The summed E-state index contributed by atoms with van der Waals surface area (Å²) in [4.78, 5) is 30.3. The molecule has 4 aliphatic rings. The number of carbonyl (C=O) groups excluding carboxylic acids is 2. The van der Waals surface area contributed by atoms with Crippen LogP contribution in [0.3, 0.4) is 0 Å². The van der Waals surface area contributed by atoms with Crippen LogP contribution < -0.4 is 15.1 Å². The summed E-state index contributed by atoms with van der Waals surface area (Å²) in [6.07, 6.45) is 16.7. The van der Waals surface area contributed by atoms with Crippen LogP contribution in [0.4, 0.5) is 17.1 Å². The van der Waals surface area contributed by atoms with Crippen molar-refractivity contribution < 1.29 is 40.1 Å². The standard InChI is InChI=1S/C52H62ClN5O8S2/c1-35-19-28-48(60)56(35)32-29-54-47(59)18-9-8-10-30-58-43-25-23-39-40(16-12-17-44(39)68(64,65)66)49(43)52(4,5)46(58)27-21-37-15-11-14-36(50(37)53)20-26-45-51(2,3)41-34-38(55(6)7)22-24-42(41)57(45)31-13-33-67(61,62)63/h12,16-17,19-28,34H,1,8-11,13-15,18,29-33H2,2-7H3,(H2-,54,59,61,62,63,64,65,66)/p+1. The van der Waals surface area contributed by atoms with Crippen molar-refractivity contribution in [3.63, 3.8) is 0 Å². The third-order valence-electron chi connectivity index (χ3n) is 13.6. The Morgan fingerprint density at radius 2 is 1.66 bits per heavy atom. The molecule has 0 bridgehead atoms. The highest BCUT2D eigenvalue weighted by molar-refractivity contribution is 7.86. The summed E-state index contributed by atoms with van der Waals surface area (Å²) in [6.45, 7) is 14.2. The van der Waals surface area contributed by atoms with Gasteiger partial charge in [0.2, 0.25) is 11.6 Å². The molecule has 0 aromatic heterocycles. The first-order chi connectivity index (χ1) is 32.0. The van der Waals surface area contributed by atoms with E-state index in [1.807, 2.05) is 26.2 Å². The molecule has 0 fully saturated rings. The van der Waals surface area contributed by atoms with Gasteiger partial charge in [-0.2, -0.15) is 21.4 Å². The van der Waals surface area contributed by atoms with Gasteiger partial charge in [-0.3, -0.25) is 18.7 Å². The van der Waals surface area contributed by atoms with Crippen molar-refractivity contribution >= 4 is 77.2 Å². The van der Waals surface area contributed by atoms with Gasteiger partial charge in [-0.25, -0.2) is 0 Å². The number of halogens is 1. The highest BCUT2D eigenvalue weighted by Gasteiger charge is 2.46. The Balaban J connectivity index is 1.16. The van der Waals surface area contributed by atoms with Gasteiger partial charge in [0, 0.05) is 109 Å². The normalized spacial score (nSPS) is 19.1. The smallest absolute Gasteiger partial charge is 0.295 e. The number of amides is 2. The summed E-state index contributed by atoms with van der Waals surface area (Å²) >= 11 is 7.32. The third kappa shape index (κ3) is 10.6. The van der Waals surface area contributed by atoms with Crippen LogP contribution in [0, 0.1) is 0 Å². The number of hydrogen-bond acceptors (Lipinski definition) is 8. The Morgan fingerprint density at radius 1 is 0.897 bits per heavy atom. The highest BCUT2D eigenvalue weighted by Crippen LogP contribution is 2.50. The second-order valence-corrected chi connectivity index (χ2v) is 22.5. The molecule has 0 unspecified atom stereocenters. The number of rotatable bonds is 18. The van der Waals surface area contributed by atoms with Gasteiger partial charge in [0.25, 0.3) is 26.1 Å². The predicted octanol–water partition coefficient (Wildman–Crippen LogP) is 9.24. The quantitative estimate of drug-likeness (QED) is 0.0635. The van der Waals surface area contributed by atoms with Gasteiger partial charge in [0.1, 0.15) is 11.4 Å². The number of hydrogen-bond donors (Lipinski definition) is 3. The first-order valence-electron chi connectivity index (χ1n) is 23.2. The molecule has 3 aliphatic heterocycles. The first kappa shape index (κ1) is 50.6. The molecule has 13 nitrogen and oxygen atoms in total. The average Bonchev–Trinajstić information content (AvgIpc) is 3.78. The van der Waals surface area contributed by atoms with Crippen LogP contribution in [-0.2, 0) is 40.7 Å². The number of fused-ring (bicyclic) bond motifs is 4. The van der Waals surface area contributed by atoms with Gasteiger partial charge in [0.05, 0.1) is 11.2 Å². The topological polar surface area (TPSA) is 168 Å². The fourth-order valence-electron chi connectivity index (χ4n) is 10.1. The summed E-state index contributed by atoms with van der Waals surface area (Å²) in [6, 6.07) is 14.9. The van der Waals surface area contributed by atoms with E-state index in [4.69, 9.17) is 11.6 Å². The molecule has 0 radical (unpaired) electrons. The SMILES string of the molecule is C=C1C=CC(=O)N1CCNC(=O)CCCCC[N+]1=C(C=CC2=C(Cl)C(=CC=C3N(CCCS(=O)(=O)O)c4ccc(N(C)C)cc4C3(C)C)CCC2)C(C)(C)c2c1ccc1c(S(=O)(=O)O)cccc21. The van der Waals surface area contributed by atoms with Crippen LogP contribution in [0.2, 0.25) is 0 Å². The number of benzene rings is 3. The molecular weight excluding hydrogens is 922 g/mol. The minimum atomic E-state index is -4.50. The van der Waals surface area contributed by atoms with Crippen molar-refractivity contribution in [2.75, 3.05) is 55.8 Å². The van der Waals surface area contributed by atoms with Crippen molar-refractivity contribution in [3.8, 4) is 0 Å². The van der Waals surface area contributed by atoms with Crippen LogP contribution in [-0.4, -0.2) is 99.0 Å². The van der Waals surface area contributed by atoms with Gasteiger partial charge < -0.3 is 20.0 Å². The summed E-state index contributed by atoms with van der Waals surface area (Å²) in [5.41, 5.74) is 8.62. The molecule has 3 heterocycles. The summed E-state index contributed by atoms with van der Waals surface area (Å²) in [7, 11) is -4.63. The minimum absolute atomic E-state index is 0.0787. The van der Waals surface area contributed by atoms with Crippen molar-refractivity contribution in [2.24, 2.45) is 0 Å². The summed E-state index contributed by atoms with van der Waals surface area (Å²) in [5, 5.41) is 4.76. The third-order valence-corrected chi connectivity index (χ3v) is 15.8. The van der Waals surface area contributed by atoms with Gasteiger partial charge >= 0.3 is 0 Å². The second-order valence-electron chi connectivity index (χ2n) is 19.2. The zero-order valence-electron chi connectivity index (χ0n) is 39.8. The van der Waals surface area contributed by atoms with E-state index in [2.05, 4.69) is 96.5 Å².